The van der Waals surface area contributed by atoms with Gasteiger partial charge in [0.1, 0.15) is 6.61 Å². The Bertz CT molecular complexity index is 840. The van der Waals surface area contributed by atoms with Crippen LogP contribution in [0.25, 0.3) is 0 Å². The monoisotopic (exact) mass is 409 g/mol. The molecule has 0 radical (unpaired) electrons. The number of amides is 1. The third-order valence-electron chi connectivity index (χ3n) is 6.44. The second-order valence-corrected chi connectivity index (χ2v) is 8.24. The molecule has 0 spiro atoms. The van der Waals surface area contributed by atoms with E-state index in [1.807, 2.05) is 30.3 Å². The summed E-state index contributed by atoms with van der Waals surface area (Å²) in [4.78, 5) is 15.5. The number of piperidine rings is 1. The fourth-order valence-electron chi connectivity index (χ4n) is 4.92. The van der Waals surface area contributed by atoms with Gasteiger partial charge in [0, 0.05) is 18.2 Å². The summed E-state index contributed by atoms with van der Waals surface area (Å²) < 4.78 is 17.2. The van der Waals surface area contributed by atoms with Gasteiger partial charge < -0.3 is 19.1 Å². The van der Waals surface area contributed by atoms with Crippen LogP contribution in [-0.2, 0) is 6.61 Å². The molecule has 160 valence electrons. The first kappa shape index (κ1) is 20.6. The van der Waals surface area contributed by atoms with Crippen LogP contribution < -0.4 is 14.2 Å². The Morgan fingerprint density at radius 1 is 0.967 bits per heavy atom. The van der Waals surface area contributed by atoms with Gasteiger partial charge >= 0.3 is 0 Å². The lowest BCUT2D eigenvalue weighted by molar-refractivity contribution is 0.0390. The number of methoxy groups -OCH3 is 2. The third-order valence-corrected chi connectivity index (χ3v) is 6.44. The van der Waals surface area contributed by atoms with Crippen molar-refractivity contribution in [3.63, 3.8) is 0 Å². The summed E-state index contributed by atoms with van der Waals surface area (Å²) in [6, 6.07) is 13.9. The molecular formula is C25H31NO4. The number of carbonyl (C=O) groups is 1. The van der Waals surface area contributed by atoms with Crippen molar-refractivity contribution in [1.82, 2.24) is 4.90 Å². The molecule has 0 aromatic heterocycles. The van der Waals surface area contributed by atoms with Gasteiger partial charge in [-0.2, -0.15) is 0 Å². The number of likely N-dealkylation sites (tertiary alicyclic amines) is 1. The summed E-state index contributed by atoms with van der Waals surface area (Å²) >= 11 is 0. The van der Waals surface area contributed by atoms with E-state index in [2.05, 4.69) is 4.90 Å². The molecule has 0 bridgehead atoms. The number of fused-ring (bicyclic) bond motifs is 1. The minimum Gasteiger partial charge on any atom is -0.493 e. The lowest BCUT2D eigenvalue weighted by Crippen LogP contribution is -2.49. The van der Waals surface area contributed by atoms with Gasteiger partial charge in [0.25, 0.3) is 5.91 Å². The van der Waals surface area contributed by atoms with Crippen LogP contribution in [0.1, 0.15) is 54.4 Å². The number of benzene rings is 2. The normalized spacial score (nSPS) is 20.9. The molecule has 2 aliphatic rings. The lowest BCUT2D eigenvalue weighted by Gasteiger charge is -2.44. The zero-order valence-electron chi connectivity index (χ0n) is 17.9. The zero-order valence-corrected chi connectivity index (χ0v) is 17.9. The smallest absolute Gasteiger partial charge is 0.254 e. The minimum atomic E-state index is 0.0674. The van der Waals surface area contributed by atoms with Crippen LogP contribution in [0.5, 0.6) is 17.2 Å². The van der Waals surface area contributed by atoms with Crippen LogP contribution in [0.15, 0.2) is 42.5 Å². The van der Waals surface area contributed by atoms with Crippen molar-refractivity contribution in [3.05, 3.63) is 53.6 Å². The van der Waals surface area contributed by atoms with Crippen LogP contribution >= 0.6 is 0 Å². The zero-order chi connectivity index (χ0) is 20.9. The van der Waals surface area contributed by atoms with Gasteiger partial charge in [0.2, 0.25) is 5.75 Å². The van der Waals surface area contributed by atoms with Gasteiger partial charge in [0.15, 0.2) is 11.5 Å². The Labute approximate surface area is 178 Å². The van der Waals surface area contributed by atoms with E-state index in [1.165, 1.54) is 25.7 Å². The van der Waals surface area contributed by atoms with Gasteiger partial charge in [-0.15, -0.1) is 0 Å². The van der Waals surface area contributed by atoms with Crippen molar-refractivity contribution in [3.8, 4) is 17.2 Å². The summed E-state index contributed by atoms with van der Waals surface area (Å²) in [7, 11) is 3.19. The molecular weight excluding hydrogens is 378 g/mol. The van der Waals surface area contributed by atoms with Crippen molar-refractivity contribution < 1.29 is 19.0 Å². The number of nitrogens with zero attached hydrogens (tertiary/aromatic N) is 1. The Kier molecular flexibility index (Phi) is 6.46. The number of hydrogen-bond acceptors (Lipinski definition) is 4. The second kappa shape index (κ2) is 9.41. The van der Waals surface area contributed by atoms with E-state index in [9.17, 15) is 4.79 Å². The van der Waals surface area contributed by atoms with Crippen molar-refractivity contribution in [2.24, 2.45) is 5.92 Å². The van der Waals surface area contributed by atoms with Gasteiger partial charge in [-0.1, -0.05) is 43.2 Å². The van der Waals surface area contributed by atoms with E-state index in [4.69, 9.17) is 14.2 Å². The van der Waals surface area contributed by atoms with E-state index in [-0.39, 0.29) is 5.91 Å². The van der Waals surface area contributed by atoms with Crippen LogP contribution in [-0.4, -0.2) is 37.6 Å². The molecule has 1 amide bonds. The maximum absolute atomic E-state index is 13.5. The molecule has 1 aliphatic heterocycles. The minimum absolute atomic E-state index is 0.0674. The van der Waals surface area contributed by atoms with Gasteiger partial charge in [-0.3, -0.25) is 4.79 Å². The first-order valence-corrected chi connectivity index (χ1v) is 10.9. The fourth-order valence-corrected chi connectivity index (χ4v) is 4.92. The van der Waals surface area contributed by atoms with E-state index >= 15 is 0 Å². The lowest BCUT2D eigenvalue weighted by atomic mass is 9.78. The maximum Gasteiger partial charge on any atom is 0.254 e. The van der Waals surface area contributed by atoms with Crippen LogP contribution in [0, 0.1) is 5.92 Å². The van der Waals surface area contributed by atoms with Gasteiger partial charge in [0.05, 0.1) is 14.2 Å². The molecule has 2 atom stereocenters. The topological polar surface area (TPSA) is 48.0 Å². The summed E-state index contributed by atoms with van der Waals surface area (Å²) in [5.41, 5.74) is 1.65. The summed E-state index contributed by atoms with van der Waals surface area (Å²) in [5, 5.41) is 0. The van der Waals surface area contributed by atoms with Crippen molar-refractivity contribution >= 4 is 5.91 Å². The Balaban J connectivity index is 1.58. The van der Waals surface area contributed by atoms with Crippen LogP contribution in [0.4, 0.5) is 0 Å². The maximum atomic E-state index is 13.5. The molecule has 0 N–H and O–H groups in total. The SMILES string of the molecule is COc1cc(C(=O)N2CCCC3CCCCC32)cc(OC)c1OCc1ccccc1. The van der Waals surface area contributed by atoms with Crippen LogP contribution in [0.3, 0.4) is 0 Å². The Morgan fingerprint density at radius 3 is 2.33 bits per heavy atom. The molecule has 2 unspecified atom stereocenters. The average molecular weight is 410 g/mol. The van der Waals surface area contributed by atoms with E-state index in [0.29, 0.717) is 41.4 Å². The molecule has 30 heavy (non-hydrogen) atoms. The predicted octanol–water partition coefficient (Wildman–Crippen LogP) is 5.08. The Morgan fingerprint density at radius 2 is 1.63 bits per heavy atom. The van der Waals surface area contributed by atoms with Crippen molar-refractivity contribution in [2.45, 2.75) is 51.2 Å². The average Bonchev–Trinajstić information content (AvgIpc) is 2.82. The molecule has 2 fully saturated rings. The molecule has 1 aliphatic carbocycles. The van der Waals surface area contributed by atoms with Gasteiger partial charge in [-0.05, 0) is 49.3 Å². The number of ether oxygens (including phenoxy) is 3. The highest BCUT2D eigenvalue weighted by molar-refractivity contribution is 5.96. The van der Waals surface area contributed by atoms with E-state index in [0.717, 1.165) is 24.9 Å². The molecule has 2 aromatic carbocycles. The molecule has 4 rings (SSSR count). The highest BCUT2D eigenvalue weighted by Gasteiger charge is 2.36. The van der Waals surface area contributed by atoms with Gasteiger partial charge in [-0.25, -0.2) is 0 Å². The second-order valence-electron chi connectivity index (χ2n) is 8.24. The first-order chi connectivity index (χ1) is 14.7. The number of rotatable bonds is 6. The van der Waals surface area contributed by atoms with Crippen molar-refractivity contribution in [2.75, 3.05) is 20.8 Å². The molecule has 5 heteroatoms. The highest BCUT2D eigenvalue weighted by Crippen LogP contribution is 2.41. The quantitative estimate of drug-likeness (QED) is 0.668. The van der Waals surface area contributed by atoms with Crippen LogP contribution in [0.2, 0.25) is 0 Å². The number of carbonyl (C=O) groups excluding carboxylic acids is 1. The predicted molar refractivity (Wildman–Crippen MR) is 116 cm³/mol. The number of hydrogen-bond donors (Lipinski definition) is 0. The molecule has 2 aromatic rings. The van der Waals surface area contributed by atoms with Crippen molar-refractivity contribution in [1.29, 1.82) is 0 Å². The first-order valence-electron chi connectivity index (χ1n) is 10.9. The molecule has 1 heterocycles. The third kappa shape index (κ3) is 4.25. The Hall–Kier alpha value is -2.69. The summed E-state index contributed by atoms with van der Waals surface area (Å²) in [5.74, 6) is 2.28. The van der Waals surface area contributed by atoms with E-state index in [1.54, 1.807) is 26.4 Å². The molecule has 1 saturated carbocycles. The highest BCUT2D eigenvalue weighted by atomic mass is 16.5. The fraction of sp³-hybridized carbons (Fsp3) is 0.480. The molecule has 1 saturated heterocycles. The molecule has 5 nitrogen and oxygen atoms in total. The summed E-state index contributed by atoms with van der Waals surface area (Å²) in [6.45, 7) is 1.23. The standard InChI is InChI=1S/C25H31NO4/c1-28-22-15-20(25(27)26-14-8-12-19-11-6-7-13-21(19)26)16-23(29-2)24(22)30-17-18-9-4-3-5-10-18/h3-5,9-10,15-16,19,21H,6-8,11-14,17H2,1-2H3. The largest absolute Gasteiger partial charge is 0.493 e. The van der Waals surface area contributed by atoms with E-state index < -0.39 is 0 Å². The summed E-state index contributed by atoms with van der Waals surface area (Å²) in [6.07, 6.45) is 7.19.